The van der Waals surface area contributed by atoms with Gasteiger partial charge in [-0.25, -0.2) is 9.67 Å². The molecule has 2 saturated heterocycles. The number of pyridine rings is 1. The summed E-state index contributed by atoms with van der Waals surface area (Å²) in [5.41, 5.74) is 7.86. The molecule has 2 aliphatic heterocycles. The summed E-state index contributed by atoms with van der Waals surface area (Å²) in [6.45, 7) is 6.20. The molecule has 13 nitrogen and oxygen atoms in total. The Hall–Kier alpha value is -5.81. The minimum Gasteiger partial charge on any atom is -0.496 e. The summed E-state index contributed by atoms with van der Waals surface area (Å²) < 4.78 is 19.8. The van der Waals surface area contributed by atoms with Crippen molar-refractivity contribution in [1.29, 1.82) is 5.26 Å². The smallest absolute Gasteiger partial charge is 0.306 e. The molecule has 13 heteroatoms. The second-order valence-electron chi connectivity index (χ2n) is 14.5. The van der Waals surface area contributed by atoms with Gasteiger partial charge in [0, 0.05) is 43.2 Å². The third kappa shape index (κ3) is 7.00. The van der Waals surface area contributed by atoms with E-state index in [-0.39, 0.29) is 12.0 Å². The molecular weight excluding hydrogens is 699 g/mol. The summed E-state index contributed by atoms with van der Waals surface area (Å²) in [5.74, 6) is 1.08. The molecular formula is C42H43N7O6. The van der Waals surface area contributed by atoms with Crippen LogP contribution in [0.3, 0.4) is 0 Å². The molecule has 55 heavy (non-hydrogen) atoms. The zero-order valence-electron chi connectivity index (χ0n) is 31.2. The fraction of sp³-hybridized carbons (Fsp3) is 0.357. The Morgan fingerprint density at radius 1 is 0.927 bits per heavy atom. The molecule has 0 spiro atoms. The normalized spacial score (nSPS) is 16.1. The van der Waals surface area contributed by atoms with E-state index in [1.807, 2.05) is 55.6 Å². The predicted molar refractivity (Wildman–Crippen MR) is 206 cm³/mol. The molecule has 0 saturated carbocycles. The molecule has 0 amide bonds. The van der Waals surface area contributed by atoms with Crippen LogP contribution >= 0.6 is 0 Å². The van der Waals surface area contributed by atoms with E-state index in [2.05, 4.69) is 28.0 Å². The zero-order valence-corrected chi connectivity index (χ0v) is 31.2. The lowest BCUT2D eigenvalue weighted by Gasteiger charge is -2.30. The van der Waals surface area contributed by atoms with Crippen LogP contribution in [0.2, 0.25) is 0 Å². The number of benzene rings is 3. The molecule has 5 heterocycles. The third-order valence-corrected chi connectivity index (χ3v) is 11.1. The second kappa shape index (κ2) is 15.1. The van der Waals surface area contributed by atoms with Gasteiger partial charge in [-0.15, -0.1) is 0 Å². The maximum atomic E-state index is 11.4. The van der Waals surface area contributed by atoms with E-state index in [1.54, 1.807) is 18.9 Å². The summed E-state index contributed by atoms with van der Waals surface area (Å²) in [6.07, 6.45) is 4.28. The number of aliphatic carboxylic acids is 1. The number of fused-ring (bicyclic) bond motifs is 2. The highest BCUT2D eigenvalue weighted by molar-refractivity contribution is 5.97. The van der Waals surface area contributed by atoms with Gasteiger partial charge in [0.15, 0.2) is 11.4 Å². The first-order chi connectivity index (χ1) is 26.7. The van der Waals surface area contributed by atoms with Crippen LogP contribution in [0.15, 0.2) is 65.2 Å². The first-order valence-corrected chi connectivity index (χ1v) is 18.6. The quantitative estimate of drug-likeness (QED) is 0.160. The molecule has 8 rings (SSSR count). The van der Waals surface area contributed by atoms with E-state index in [9.17, 15) is 20.3 Å². The van der Waals surface area contributed by atoms with Crippen LogP contribution in [0.25, 0.3) is 50.4 Å². The molecule has 0 radical (unpaired) electrons. The number of methoxy groups -OCH3 is 2. The molecule has 3 aromatic heterocycles. The summed E-state index contributed by atoms with van der Waals surface area (Å²) in [5, 5.41) is 35.2. The van der Waals surface area contributed by atoms with Gasteiger partial charge in [-0.05, 0) is 92.2 Å². The van der Waals surface area contributed by atoms with Gasteiger partial charge in [0.1, 0.15) is 17.3 Å². The number of nitriles is 1. The lowest BCUT2D eigenvalue weighted by molar-refractivity contribution is -0.143. The number of aliphatic hydroxyl groups excluding tert-OH is 1. The first-order valence-electron chi connectivity index (χ1n) is 18.6. The summed E-state index contributed by atoms with van der Waals surface area (Å²) in [6, 6.07) is 20.1. The Morgan fingerprint density at radius 3 is 2.36 bits per heavy atom. The lowest BCUT2D eigenvalue weighted by Crippen LogP contribution is -2.35. The standard InChI is InChI=1S/C42H43N7O6/c1-25-30(6-4-7-31(25)41-45-35-19-26(18-28(21-43)39(35)55-41)23-47-14-10-27(11-15-47)42(51)52)32-8-5-9-36-33(32)22-44-49(36)38-20-37(53-2)34(40(46-38)54-3)24-48-16-12-29(50)13-17-48/h4-9,18-20,22,27,29,50H,10-17,23-24H2,1-3H3,(H,51,52). The number of carbonyl (C=O) groups is 1. The number of hydrogen-bond acceptors (Lipinski definition) is 11. The first kappa shape index (κ1) is 36.2. The fourth-order valence-electron chi connectivity index (χ4n) is 8.02. The number of hydrogen-bond donors (Lipinski definition) is 2. The Balaban J connectivity index is 1.10. The molecule has 3 aromatic carbocycles. The van der Waals surface area contributed by atoms with Gasteiger partial charge < -0.3 is 24.1 Å². The number of rotatable bonds is 10. The van der Waals surface area contributed by atoms with E-state index in [0.29, 0.717) is 79.0 Å². The van der Waals surface area contributed by atoms with Crippen molar-refractivity contribution in [2.75, 3.05) is 40.4 Å². The lowest BCUT2D eigenvalue weighted by atomic mass is 9.94. The molecule has 2 N–H and O–H groups in total. The highest BCUT2D eigenvalue weighted by Crippen LogP contribution is 2.38. The average Bonchev–Trinajstić information content (AvgIpc) is 3.84. The predicted octanol–water partition coefficient (Wildman–Crippen LogP) is 6.35. The van der Waals surface area contributed by atoms with Gasteiger partial charge in [-0.3, -0.25) is 14.6 Å². The van der Waals surface area contributed by atoms with Crippen LogP contribution in [-0.2, 0) is 17.9 Å². The largest absolute Gasteiger partial charge is 0.496 e. The van der Waals surface area contributed by atoms with E-state index in [4.69, 9.17) is 29.0 Å². The zero-order chi connectivity index (χ0) is 38.2. The number of oxazole rings is 1. The van der Waals surface area contributed by atoms with Crippen molar-refractivity contribution < 1.29 is 28.9 Å². The maximum absolute atomic E-state index is 11.4. The number of carboxylic acids is 1. The SMILES string of the molecule is COc1cc(-n2ncc3c(-c4cccc(-c5nc6cc(CN7CCC(C(=O)O)CC7)cc(C#N)c6o5)c4C)cccc32)nc(OC)c1CN1CCC(O)CC1. The van der Waals surface area contributed by atoms with E-state index in [1.165, 1.54) is 0 Å². The van der Waals surface area contributed by atoms with Crippen LogP contribution in [0.4, 0.5) is 0 Å². The van der Waals surface area contributed by atoms with Crippen molar-refractivity contribution >= 4 is 28.0 Å². The maximum Gasteiger partial charge on any atom is 0.306 e. The Morgan fingerprint density at radius 2 is 1.64 bits per heavy atom. The number of likely N-dealkylation sites (tertiary alicyclic amines) is 2. The second-order valence-corrected chi connectivity index (χ2v) is 14.5. The number of aromatic nitrogens is 4. The molecule has 0 atom stereocenters. The highest BCUT2D eigenvalue weighted by atomic mass is 16.5. The topological polar surface area (TPSA) is 163 Å². The van der Waals surface area contributed by atoms with Crippen molar-refractivity contribution in [3.8, 4) is 46.1 Å². The van der Waals surface area contributed by atoms with Crippen LogP contribution < -0.4 is 9.47 Å². The molecule has 2 fully saturated rings. The molecule has 0 aliphatic carbocycles. The van der Waals surface area contributed by atoms with Crippen molar-refractivity contribution in [2.45, 2.75) is 51.8 Å². The van der Waals surface area contributed by atoms with Gasteiger partial charge >= 0.3 is 5.97 Å². The van der Waals surface area contributed by atoms with Crippen LogP contribution in [-0.4, -0.2) is 92.2 Å². The summed E-state index contributed by atoms with van der Waals surface area (Å²) in [7, 11) is 3.25. The van der Waals surface area contributed by atoms with E-state index >= 15 is 0 Å². The summed E-state index contributed by atoms with van der Waals surface area (Å²) >= 11 is 0. The van der Waals surface area contributed by atoms with Crippen molar-refractivity contribution in [3.63, 3.8) is 0 Å². The molecule has 0 unspecified atom stereocenters. The fourth-order valence-corrected chi connectivity index (χ4v) is 8.02. The number of aliphatic hydroxyl groups is 1. The van der Waals surface area contributed by atoms with Gasteiger partial charge in [0.05, 0.1) is 49.1 Å². The Bertz CT molecular complexity index is 2410. The molecule has 282 valence electrons. The van der Waals surface area contributed by atoms with Gasteiger partial charge in [0.2, 0.25) is 11.8 Å². The van der Waals surface area contributed by atoms with Gasteiger partial charge in [-0.2, -0.15) is 15.3 Å². The number of carboxylic acid groups (broad SMARTS) is 1. The number of piperidine rings is 2. The number of nitrogens with zero attached hydrogens (tertiary/aromatic N) is 7. The average molecular weight is 742 g/mol. The van der Waals surface area contributed by atoms with Crippen molar-refractivity contribution in [1.82, 2.24) is 29.5 Å². The molecule has 0 bridgehead atoms. The molecule has 6 aromatic rings. The molecule has 2 aliphatic rings. The van der Waals surface area contributed by atoms with Crippen molar-refractivity contribution in [2.24, 2.45) is 5.92 Å². The summed E-state index contributed by atoms with van der Waals surface area (Å²) in [4.78, 5) is 25.7. The van der Waals surface area contributed by atoms with Crippen LogP contribution in [0.1, 0.15) is 47.9 Å². The Labute approximate surface area is 318 Å². The Kier molecular flexibility index (Phi) is 9.96. The monoisotopic (exact) mass is 741 g/mol. The van der Waals surface area contributed by atoms with Crippen molar-refractivity contribution in [3.05, 3.63) is 83.0 Å². The third-order valence-electron chi connectivity index (χ3n) is 11.1. The highest BCUT2D eigenvalue weighted by Gasteiger charge is 2.26. The minimum absolute atomic E-state index is 0.257. The van der Waals surface area contributed by atoms with Gasteiger partial charge in [-0.1, -0.05) is 24.3 Å². The van der Waals surface area contributed by atoms with E-state index in [0.717, 1.165) is 70.2 Å². The van der Waals surface area contributed by atoms with E-state index < -0.39 is 5.97 Å². The number of ether oxygens (including phenoxy) is 2. The van der Waals surface area contributed by atoms with Crippen LogP contribution in [0.5, 0.6) is 11.6 Å². The van der Waals surface area contributed by atoms with Crippen LogP contribution in [0, 0.1) is 24.2 Å². The van der Waals surface area contributed by atoms with Gasteiger partial charge in [0.25, 0.3) is 0 Å². The minimum atomic E-state index is -0.734.